The molecule has 3 aromatic heterocycles. The Morgan fingerprint density at radius 3 is 2.76 bits per heavy atom. The Labute approximate surface area is 208 Å². The molecule has 1 unspecified atom stereocenters. The summed E-state index contributed by atoms with van der Waals surface area (Å²) in [5.74, 6) is 0.436. The molecule has 0 aliphatic carbocycles. The maximum Gasteiger partial charge on any atom is 0.277 e. The molecule has 1 atom stereocenters. The number of hydrazine groups is 1. The number of nitrogens with one attached hydrogen (secondary N) is 2. The van der Waals surface area contributed by atoms with Gasteiger partial charge in [0.25, 0.3) is 5.91 Å². The minimum Gasteiger partial charge on any atom is -0.497 e. The largest absolute Gasteiger partial charge is 0.497 e. The van der Waals surface area contributed by atoms with Crippen molar-refractivity contribution in [3.8, 4) is 5.75 Å². The average Bonchev–Trinajstić information content (AvgIpc) is 3.45. The van der Waals surface area contributed by atoms with Gasteiger partial charge in [0.15, 0.2) is 16.3 Å². The summed E-state index contributed by atoms with van der Waals surface area (Å²) in [6.07, 6.45) is 3.32. The Morgan fingerprint density at radius 1 is 1.18 bits per heavy atom. The van der Waals surface area contributed by atoms with Crippen LogP contribution < -0.4 is 15.5 Å². The first-order valence-electron chi connectivity index (χ1n) is 10.1. The fourth-order valence-corrected chi connectivity index (χ4v) is 5.62. The molecule has 1 aliphatic heterocycles. The number of aromatic nitrogens is 3. The van der Waals surface area contributed by atoms with Gasteiger partial charge in [-0.25, -0.2) is 15.0 Å². The topological polar surface area (TPSA) is 105 Å². The molecule has 9 nitrogen and oxygen atoms in total. The van der Waals surface area contributed by atoms with Gasteiger partial charge >= 0.3 is 0 Å². The van der Waals surface area contributed by atoms with E-state index in [1.807, 2.05) is 60.6 Å². The van der Waals surface area contributed by atoms with Crippen molar-refractivity contribution in [2.75, 3.05) is 19.5 Å². The normalized spacial score (nSPS) is 15.4. The molecule has 1 aromatic carbocycles. The second kappa shape index (κ2) is 9.97. The van der Waals surface area contributed by atoms with Gasteiger partial charge < -0.3 is 10.2 Å². The Hall–Kier alpha value is -3.19. The number of carbonyl (C=O) groups is 1. The molecule has 4 heterocycles. The Bertz CT molecular complexity index is 1330. The number of hydrogen-bond donors (Lipinski definition) is 2. The highest BCUT2D eigenvalue weighted by Gasteiger charge is 2.22. The van der Waals surface area contributed by atoms with E-state index in [1.165, 1.54) is 34.9 Å². The van der Waals surface area contributed by atoms with Crippen LogP contribution in [-0.4, -0.2) is 51.9 Å². The first-order chi connectivity index (χ1) is 16.6. The maximum atomic E-state index is 13.3. The molecule has 0 spiro atoms. The van der Waals surface area contributed by atoms with Crippen LogP contribution >= 0.6 is 34.9 Å². The summed E-state index contributed by atoms with van der Waals surface area (Å²) in [5, 5.41) is 5.92. The zero-order chi connectivity index (χ0) is 23.5. The molecule has 0 saturated carbocycles. The van der Waals surface area contributed by atoms with E-state index in [9.17, 15) is 4.79 Å². The minimum atomic E-state index is -0.334. The third kappa shape index (κ3) is 4.99. The van der Waals surface area contributed by atoms with Gasteiger partial charge in [0, 0.05) is 23.0 Å². The van der Waals surface area contributed by atoms with Crippen molar-refractivity contribution < 1.29 is 9.53 Å². The third-order valence-electron chi connectivity index (χ3n) is 4.74. The van der Waals surface area contributed by atoms with E-state index < -0.39 is 0 Å². The number of methoxy groups -OCH3 is 1. The van der Waals surface area contributed by atoms with Gasteiger partial charge in [0.2, 0.25) is 0 Å². The minimum absolute atomic E-state index is 0.168. The lowest BCUT2D eigenvalue weighted by atomic mass is 10.3. The summed E-state index contributed by atoms with van der Waals surface area (Å²) in [5.41, 5.74) is 3.76. The summed E-state index contributed by atoms with van der Waals surface area (Å²) >= 11 is 4.28. The lowest BCUT2D eigenvalue weighted by Gasteiger charge is -2.17. The number of hydrogen-bond acceptors (Lipinski definition) is 11. The smallest absolute Gasteiger partial charge is 0.277 e. The van der Waals surface area contributed by atoms with Crippen molar-refractivity contribution in [3.63, 3.8) is 0 Å². The summed E-state index contributed by atoms with van der Waals surface area (Å²) in [4.78, 5) is 32.7. The summed E-state index contributed by atoms with van der Waals surface area (Å²) < 4.78 is 6.14. The van der Waals surface area contributed by atoms with E-state index in [2.05, 4.69) is 30.7 Å². The van der Waals surface area contributed by atoms with Crippen molar-refractivity contribution >= 4 is 62.6 Å². The van der Waals surface area contributed by atoms with Gasteiger partial charge in [0.05, 0.1) is 18.1 Å². The van der Waals surface area contributed by atoms with E-state index in [0.29, 0.717) is 21.5 Å². The number of rotatable bonds is 7. The van der Waals surface area contributed by atoms with Crippen LogP contribution in [0.2, 0.25) is 0 Å². The van der Waals surface area contributed by atoms with Gasteiger partial charge in [-0.3, -0.25) is 10.1 Å². The second-order valence-corrected chi connectivity index (χ2v) is 10.3. The first kappa shape index (κ1) is 22.6. The molecule has 0 saturated heterocycles. The van der Waals surface area contributed by atoms with Crippen LogP contribution in [0.15, 0.2) is 74.5 Å². The lowest BCUT2D eigenvalue weighted by molar-refractivity contribution is 0.101. The number of pyridine rings is 2. The highest BCUT2D eigenvalue weighted by molar-refractivity contribution is 8.00. The van der Waals surface area contributed by atoms with E-state index in [0.717, 1.165) is 20.2 Å². The Kier molecular flexibility index (Phi) is 6.63. The number of thioether (sulfide) groups is 1. The monoisotopic (exact) mass is 509 g/mol. The predicted molar refractivity (Wildman–Crippen MR) is 136 cm³/mol. The second-order valence-electron chi connectivity index (χ2n) is 7.03. The van der Waals surface area contributed by atoms with E-state index in [1.54, 1.807) is 19.6 Å². The zero-order valence-electron chi connectivity index (χ0n) is 18.1. The lowest BCUT2D eigenvalue weighted by Crippen LogP contribution is -2.32. The average molecular weight is 510 g/mol. The molecule has 1 aliphatic rings. The highest BCUT2D eigenvalue weighted by Crippen LogP contribution is 2.34. The van der Waals surface area contributed by atoms with Crippen LogP contribution in [0, 0.1) is 0 Å². The Balaban J connectivity index is 1.44. The molecule has 0 bridgehead atoms. The van der Waals surface area contributed by atoms with Gasteiger partial charge in [-0.2, -0.15) is 9.99 Å². The van der Waals surface area contributed by atoms with Crippen LogP contribution in [0.3, 0.4) is 0 Å². The molecular weight excluding hydrogens is 490 g/mol. The van der Waals surface area contributed by atoms with E-state index in [4.69, 9.17) is 4.74 Å². The molecule has 5 rings (SSSR count). The third-order valence-corrected chi connectivity index (χ3v) is 7.84. The molecule has 34 heavy (non-hydrogen) atoms. The predicted octanol–water partition coefficient (Wildman–Crippen LogP) is 4.35. The quantitative estimate of drug-likeness (QED) is 0.376. The number of anilines is 1. The molecule has 0 radical (unpaired) electrons. The van der Waals surface area contributed by atoms with Crippen LogP contribution in [0.5, 0.6) is 5.75 Å². The Morgan fingerprint density at radius 2 is 2.03 bits per heavy atom. The van der Waals surface area contributed by atoms with Crippen LogP contribution in [0.1, 0.15) is 10.5 Å². The molecule has 4 aromatic rings. The molecule has 172 valence electrons. The zero-order valence-corrected chi connectivity index (χ0v) is 20.6. The van der Waals surface area contributed by atoms with Crippen LogP contribution in [0.25, 0.3) is 10.3 Å². The number of benzene rings is 1. The summed E-state index contributed by atoms with van der Waals surface area (Å²) in [7, 11) is 3.52. The number of thiazole rings is 1. The summed E-state index contributed by atoms with van der Waals surface area (Å²) in [6, 6.07) is 15.2. The first-order valence-corrected chi connectivity index (χ1v) is 12.6. The molecule has 0 fully saturated rings. The van der Waals surface area contributed by atoms with Crippen LogP contribution in [-0.2, 0) is 0 Å². The van der Waals surface area contributed by atoms with Crippen molar-refractivity contribution in [2.24, 2.45) is 4.99 Å². The number of carbonyl (C=O) groups excluding carboxylic acids is 1. The standard InChI is InChI=1S/C22H19N7O2S3/c1-29-22(24-12-25-29)34-17-10-9-15(32-14-7-5-13(31-2)6-8-14)18(26-17)20(30)28-21-27-19-16(33-21)4-3-11-23-19/h3-12,22H,1-2H3,(H,24,25)(H,23,27,28,30). The van der Waals surface area contributed by atoms with Crippen molar-refractivity contribution in [1.29, 1.82) is 0 Å². The fourth-order valence-electron chi connectivity index (χ4n) is 3.06. The summed E-state index contributed by atoms with van der Waals surface area (Å²) in [6.45, 7) is 0. The van der Waals surface area contributed by atoms with Crippen molar-refractivity contribution in [2.45, 2.75) is 20.3 Å². The van der Waals surface area contributed by atoms with Crippen LogP contribution in [0.4, 0.5) is 5.13 Å². The number of nitrogens with zero attached hydrogens (tertiary/aromatic N) is 5. The number of ether oxygens (including phenoxy) is 1. The number of fused-ring (bicyclic) bond motifs is 1. The molecule has 1 amide bonds. The van der Waals surface area contributed by atoms with Gasteiger partial charge in [0.1, 0.15) is 16.5 Å². The van der Waals surface area contributed by atoms with Gasteiger partial charge in [-0.05, 0) is 48.5 Å². The van der Waals surface area contributed by atoms with Crippen molar-refractivity contribution in [3.05, 3.63) is 60.4 Å². The number of aliphatic imine (C=N–C) groups is 1. The molecular formula is C22H19N7O2S3. The molecule has 2 N–H and O–H groups in total. The van der Waals surface area contributed by atoms with Crippen molar-refractivity contribution in [1.82, 2.24) is 25.4 Å². The SMILES string of the molecule is COc1ccc(Sc2ccc(SC3N=CNN3C)nc2C(=O)Nc2nc3ncccc3s2)cc1. The van der Waals surface area contributed by atoms with Gasteiger partial charge in [-0.15, -0.1) is 0 Å². The highest BCUT2D eigenvalue weighted by atomic mass is 32.2. The molecule has 12 heteroatoms. The van der Waals surface area contributed by atoms with Gasteiger partial charge in [-0.1, -0.05) is 34.9 Å². The number of amides is 1. The van der Waals surface area contributed by atoms with E-state index >= 15 is 0 Å². The fraction of sp³-hybridized carbons (Fsp3) is 0.136. The maximum absolute atomic E-state index is 13.3. The van der Waals surface area contributed by atoms with E-state index in [-0.39, 0.29) is 11.4 Å².